The quantitative estimate of drug-likeness (QED) is 0.915. The van der Waals surface area contributed by atoms with E-state index in [1.807, 2.05) is 12.1 Å². The Kier molecular flexibility index (Phi) is 4.33. The Bertz CT molecular complexity index is 698. The van der Waals surface area contributed by atoms with Crippen molar-refractivity contribution in [2.45, 2.75) is 6.42 Å². The maximum absolute atomic E-state index is 11.4. The smallest absolute Gasteiger partial charge is 0.228 e. The van der Waals surface area contributed by atoms with Gasteiger partial charge >= 0.3 is 0 Å². The molecule has 2 aromatic rings. The fraction of sp³-hybridized carbons (Fsp3) is 0.333. The van der Waals surface area contributed by atoms with Crippen molar-refractivity contribution in [2.75, 3.05) is 36.5 Å². The minimum atomic E-state index is 0. The van der Waals surface area contributed by atoms with Gasteiger partial charge in [-0.05, 0) is 17.7 Å². The van der Waals surface area contributed by atoms with Crippen LogP contribution in [0.15, 0.2) is 23.6 Å². The van der Waals surface area contributed by atoms with Crippen molar-refractivity contribution in [3.8, 4) is 11.3 Å². The molecule has 4 rings (SSSR count). The standard InChI is InChI=1S/C15H15N3O2S.ClH/c19-14-8-11-7-10(1-2-12(11)16-14)13-9-21-15(17-13)18-3-5-20-6-4-18;/h1-2,7,9H,3-6,8H2,(H,16,19);1H. The Morgan fingerprint density at radius 1 is 1.27 bits per heavy atom. The van der Waals surface area contributed by atoms with E-state index in [9.17, 15) is 4.79 Å². The number of amides is 1. The second kappa shape index (κ2) is 6.24. The molecule has 0 radical (unpaired) electrons. The van der Waals surface area contributed by atoms with Crippen LogP contribution in [-0.2, 0) is 16.0 Å². The maximum Gasteiger partial charge on any atom is 0.228 e. The van der Waals surface area contributed by atoms with Crippen molar-refractivity contribution >= 4 is 40.5 Å². The van der Waals surface area contributed by atoms with Crippen LogP contribution in [-0.4, -0.2) is 37.2 Å². The van der Waals surface area contributed by atoms with Gasteiger partial charge in [-0.15, -0.1) is 23.7 Å². The van der Waals surface area contributed by atoms with Crippen LogP contribution >= 0.6 is 23.7 Å². The summed E-state index contributed by atoms with van der Waals surface area (Å²) in [6, 6.07) is 6.04. The van der Waals surface area contributed by atoms with Gasteiger partial charge in [0.15, 0.2) is 5.13 Å². The summed E-state index contributed by atoms with van der Waals surface area (Å²) in [5.74, 6) is 0.0643. The normalized spacial score (nSPS) is 16.9. The third kappa shape index (κ3) is 2.82. The highest BCUT2D eigenvalue weighted by Crippen LogP contribution is 2.32. The number of thiazole rings is 1. The van der Waals surface area contributed by atoms with E-state index >= 15 is 0 Å². The van der Waals surface area contributed by atoms with Gasteiger partial charge < -0.3 is 15.0 Å². The lowest BCUT2D eigenvalue weighted by Crippen LogP contribution is -2.36. The average molecular weight is 338 g/mol. The van der Waals surface area contributed by atoms with Gasteiger partial charge in [0, 0.05) is 29.7 Å². The predicted molar refractivity (Wildman–Crippen MR) is 90.2 cm³/mol. The van der Waals surface area contributed by atoms with Gasteiger partial charge in [-0.2, -0.15) is 0 Å². The molecule has 2 aliphatic heterocycles. The molecule has 0 aliphatic carbocycles. The largest absolute Gasteiger partial charge is 0.378 e. The van der Waals surface area contributed by atoms with E-state index in [4.69, 9.17) is 9.72 Å². The number of hydrogen-bond acceptors (Lipinski definition) is 5. The Morgan fingerprint density at radius 3 is 2.91 bits per heavy atom. The van der Waals surface area contributed by atoms with Crippen molar-refractivity contribution < 1.29 is 9.53 Å². The fourth-order valence-corrected chi connectivity index (χ4v) is 3.57. The van der Waals surface area contributed by atoms with E-state index in [2.05, 4.69) is 21.7 Å². The number of ether oxygens (including phenoxy) is 1. The molecule has 0 saturated carbocycles. The number of rotatable bonds is 2. The lowest BCUT2D eigenvalue weighted by atomic mass is 10.1. The first-order chi connectivity index (χ1) is 10.3. The SMILES string of the molecule is Cl.O=C1Cc2cc(-c3csc(N4CCOCC4)n3)ccc2N1. The number of morpholine rings is 1. The number of nitrogens with one attached hydrogen (secondary N) is 1. The lowest BCUT2D eigenvalue weighted by Gasteiger charge is -2.26. The molecule has 0 bridgehead atoms. The van der Waals surface area contributed by atoms with Crippen molar-refractivity contribution in [1.29, 1.82) is 0 Å². The molecule has 1 fully saturated rings. The van der Waals surface area contributed by atoms with E-state index in [0.717, 1.165) is 53.9 Å². The summed E-state index contributed by atoms with van der Waals surface area (Å²) in [6.45, 7) is 3.33. The third-order valence-corrected chi connectivity index (χ3v) is 4.70. The van der Waals surface area contributed by atoms with Crippen molar-refractivity contribution in [3.63, 3.8) is 0 Å². The summed E-state index contributed by atoms with van der Waals surface area (Å²) in [7, 11) is 0. The number of benzene rings is 1. The molecule has 0 unspecified atom stereocenters. The highest BCUT2D eigenvalue weighted by molar-refractivity contribution is 7.14. The lowest BCUT2D eigenvalue weighted by molar-refractivity contribution is -0.115. The van der Waals surface area contributed by atoms with Gasteiger partial charge in [0.25, 0.3) is 0 Å². The molecule has 0 spiro atoms. The summed E-state index contributed by atoms with van der Waals surface area (Å²) in [5, 5.41) is 5.98. The Balaban J connectivity index is 0.00000144. The Morgan fingerprint density at radius 2 is 2.09 bits per heavy atom. The van der Waals surface area contributed by atoms with E-state index in [1.165, 1.54) is 0 Å². The van der Waals surface area contributed by atoms with Crippen LogP contribution in [0.1, 0.15) is 5.56 Å². The number of nitrogens with zero attached hydrogens (tertiary/aromatic N) is 2. The molecule has 0 atom stereocenters. The summed E-state index contributed by atoms with van der Waals surface area (Å²) >= 11 is 1.66. The van der Waals surface area contributed by atoms with Crippen molar-refractivity contribution in [3.05, 3.63) is 29.1 Å². The van der Waals surface area contributed by atoms with Gasteiger partial charge in [0.05, 0.1) is 25.3 Å². The molecule has 1 aromatic carbocycles. The zero-order chi connectivity index (χ0) is 14.2. The number of aromatic nitrogens is 1. The van der Waals surface area contributed by atoms with E-state index in [-0.39, 0.29) is 18.3 Å². The highest BCUT2D eigenvalue weighted by Gasteiger charge is 2.19. The van der Waals surface area contributed by atoms with Gasteiger partial charge in [-0.25, -0.2) is 4.98 Å². The predicted octanol–water partition coefficient (Wildman–Crippen LogP) is 2.56. The maximum atomic E-state index is 11.4. The molecular formula is C15H16ClN3O2S. The molecule has 1 aromatic heterocycles. The van der Waals surface area contributed by atoms with Crippen molar-refractivity contribution in [1.82, 2.24) is 4.98 Å². The molecule has 1 amide bonds. The molecular weight excluding hydrogens is 322 g/mol. The molecule has 3 heterocycles. The number of carbonyl (C=O) groups is 1. The van der Waals surface area contributed by atoms with E-state index in [1.54, 1.807) is 11.3 Å². The number of anilines is 2. The molecule has 22 heavy (non-hydrogen) atoms. The van der Waals surface area contributed by atoms with Crippen molar-refractivity contribution in [2.24, 2.45) is 0 Å². The zero-order valence-electron chi connectivity index (χ0n) is 11.9. The number of halogens is 1. The van der Waals surface area contributed by atoms with Crippen LogP contribution in [0.25, 0.3) is 11.3 Å². The first-order valence-corrected chi connectivity index (χ1v) is 7.89. The number of carbonyl (C=O) groups excluding carboxylic acids is 1. The summed E-state index contributed by atoms with van der Waals surface area (Å²) in [4.78, 5) is 18.4. The summed E-state index contributed by atoms with van der Waals surface area (Å²) in [5.41, 5.74) is 4.02. The molecule has 116 valence electrons. The topological polar surface area (TPSA) is 54.5 Å². The van der Waals surface area contributed by atoms with Gasteiger partial charge in [-0.3, -0.25) is 4.79 Å². The first-order valence-electron chi connectivity index (χ1n) is 7.01. The molecule has 5 nitrogen and oxygen atoms in total. The van der Waals surface area contributed by atoms with Gasteiger partial charge in [-0.1, -0.05) is 6.07 Å². The highest BCUT2D eigenvalue weighted by atomic mass is 35.5. The Hall–Kier alpha value is -1.63. The van der Waals surface area contributed by atoms with Crippen LogP contribution in [0, 0.1) is 0 Å². The minimum Gasteiger partial charge on any atom is -0.378 e. The number of hydrogen-bond donors (Lipinski definition) is 1. The summed E-state index contributed by atoms with van der Waals surface area (Å²) < 4.78 is 5.37. The zero-order valence-corrected chi connectivity index (χ0v) is 13.5. The molecule has 1 N–H and O–H groups in total. The summed E-state index contributed by atoms with van der Waals surface area (Å²) in [6.07, 6.45) is 0.462. The minimum absolute atomic E-state index is 0. The molecule has 7 heteroatoms. The second-order valence-corrected chi connectivity index (χ2v) is 6.05. The second-order valence-electron chi connectivity index (χ2n) is 5.21. The fourth-order valence-electron chi connectivity index (χ4n) is 2.69. The molecule has 2 aliphatic rings. The number of fused-ring (bicyclic) bond motifs is 1. The van der Waals surface area contributed by atoms with E-state index < -0.39 is 0 Å². The van der Waals surface area contributed by atoms with E-state index in [0.29, 0.717) is 6.42 Å². The average Bonchev–Trinajstić information content (AvgIpc) is 3.12. The van der Waals surface area contributed by atoms with Crippen LogP contribution in [0.5, 0.6) is 0 Å². The van der Waals surface area contributed by atoms with Crippen LogP contribution in [0.3, 0.4) is 0 Å². The van der Waals surface area contributed by atoms with Crippen LogP contribution in [0.4, 0.5) is 10.8 Å². The Labute approximate surface area is 138 Å². The van der Waals surface area contributed by atoms with Crippen LogP contribution < -0.4 is 10.2 Å². The monoisotopic (exact) mass is 337 g/mol. The van der Waals surface area contributed by atoms with Gasteiger partial charge in [0.2, 0.25) is 5.91 Å². The third-order valence-electron chi connectivity index (χ3n) is 3.80. The van der Waals surface area contributed by atoms with Crippen LogP contribution in [0.2, 0.25) is 0 Å². The molecule has 1 saturated heterocycles. The first kappa shape index (κ1) is 15.3. The van der Waals surface area contributed by atoms with Gasteiger partial charge in [0.1, 0.15) is 0 Å².